The summed E-state index contributed by atoms with van der Waals surface area (Å²) < 4.78 is 0. The Morgan fingerprint density at radius 1 is 0.481 bits per heavy atom. The average Bonchev–Trinajstić information content (AvgIpc) is 2.75. The first-order valence-corrected chi connectivity index (χ1v) is 9.38. The van der Waals surface area contributed by atoms with E-state index < -0.39 is 0 Å². The summed E-state index contributed by atoms with van der Waals surface area (Å²) in [5.74, 6) is 0. The average molecular weight is 349 g/mol. The first kappa shape index (κ1) is 17.1. The zero-order valence-corrected chi connectivity index (χ0v) is 15.3. The molecule has 0 bridgehead atoms. The highest BCUT2D eigenvalue weighted by atomic mass is 15.1. The summed E-state index contributed by atoms with van der Waals surface area (Å²) in [5, 5.41) is 0. The second kappa shape index (κ2) is 8.37. The molecule has 0 atom stereocenters. The van der Waals surface area contributed by atoms with Crippen LogP contribution in [0.3, 0.4) is 0 Å². The van der Waals surface area contributed by atoms with E-state index in [1.807, 2.05) is 0 Å². The number of rotatable bonds is 6. The number of nitrogens with zero attached hydrogens (tertiary/aromatic N) is 1. The third-order valence-corrected chi connectivity index (χ3v) is 4.77. The molecule has 0 saturated heterocycles. The summed E-state index contributed by atoms with van der Waals surface area (Å²) in [6.45, 7) is 0.844. The van der Waals surface area contributed by atoms with Gasteiger partial charge in [0, 0.05) is 17.9 Å². The fourth-order valence-electron chi connectivity index (χ4n) is 3.43. The van der Waals surface area contributed by atoms with Crippen molar-refractivity contribution in [2.45, 2.75) is 13.0 Å². The zero-order valence-electron chi connectivity index (χ0n) is 15.3. The summed E-state index contributed by atoms with van der Waals surface area (Å²) in [5.41, 5.74) is 6.44. The highest BCUT2D eigenvalue weighted by Crippen LogP contribution is 2.31. The molecule has 0 spiro atoms. The van der Waals surface area contributed by atoms with Crippen LogP contribution < -0.4 is 4.90 Å². The molecule has 0 unspecified atom stereocenters. The van der Waals surface area contributed by atoms with E-state index in [1.54, 1.807) is 0 Å². The molecule has 0 amide bonds. The maximum atomic E-state index is 2.41. The number of hydrogen-bond donors (Lipinski definition) is 0. The van der Waals surface area contributed by atoms with E-state index in [0.29, 0.717) is 0 Å². The van der Waals surface area contributed by atoms with E-state index in [2.05, 4.69) is 120 Å². The van der Waals surface area contributed by atoms with Crippen LogP contribution in [0.2, 0.25) is 0 Å². The summed E-state index contributed by atoms with van der Waals surface area (Å²) in [4.78, 5) is 2.41. The molecule has 1 nitrogen and oxygen atoms in total. The van der Waals surface area contributed by atoms with Gasteiger partial charge in [0.05, 0.1) is 0 Å². The van der Waals surface area contributed by atoms with Gasteiger partial charge < -0.3 is 4.90 Å². The molecule has 4 aromatic rings. The van der Waals surface area contributed by atoms with E-state index in [1.165, 1.54) is 28.1 Å². The predicted molar refractivity (Wildman–Crippen MR) is 114 cm³/mol. The van der Waals surface area contributed by atoms with Crippen molar-refractivity contribution in [1.29, 1.82) is 0 Å². The molecule has 132 valence electrons. The molecule has 0 aliphatic carbocycles. The van der Waals surface area contributed by atoms with Gasteiger partial charge in [0.15, 0.2) is 0 Å². The van der Waals surface area contributed by atoms with E-state index in [9.17, 15) is 0 Å². The van der Waals surface area contributed by atoms with Crippen molar-refractivity contribution >= 4 is 11.4 Å². The maximum absolute atomic E-state index is 2.41. The van der Waals surface area contributed by atoms with Gasteiger partial charge in [-0.3, -0.25) is 0 Å². The van der Waals surface area contributed by atoms with E-state index >= 15 is 0 Å². The number of hydrogen-bond acceptors (Lipinski definition) is 1. The Morgan fingerprint density at radius 3 is 1.67 bits per heavy atom. The third kappa shape index (κ3) is 4.27. The molecular formula is C26H23N. The molecule has 0 aliphatic rings. The van der Waals surface area contributed by atoms with Gasteiger partial charge in [0.25, 0.3) is 0 Å². The van der Waals surface area contributed by atoms with Gasteiger partial charge in [-0.2, -0.15) is 0 Å². The SMILES string of the molecule is c1ccc(Cc2ccccc2N(Cc2ccccc2)c2ccccc2)cc1. The maximum Gasteiger partial charge on any atom is 0.0481 e. The van der Waals surface area contributed by atoms with Crippen LogP contribution in [0.4, 0.5) is 11.4 Å². The standard InChI is InChI=1S/C26H23N/c1-4-12-22(13-5-1)20-24-16-10-11-19-26(24)27(25-17-8-3-9-18-25)21-23-14-6-2-7-15-23/h1-19H,20-21H2. The van der Waals surface area contributed by atoms with Crippen LogP contribution in [0, 0.1) is 0 Å². The molecule has 0 fully saturated rings. The molecule has 0 saturated carbocycles. The van der Waals surface area contributed by atoms with Crippen LogP contribution in [0.15, 0.2) is 115 Å². The van der Waals surface area contributed by atoms with E-state index in [4.69, 9.17) is 0 Å². The Morgan fingerprint density at radius 2 is 1.00 bits per heavy atom. The number of anilines is 2. The Balaban J connectivity index is 1.74. The van der Waals surface area contributed by atoms with Crippen molar-refractivity contribution in [3.05, 3.63) is 132 Å². The lowest BCUT2D eigenvalue weighted by molar-refractivity contribution is 0.961. The van der Waals surface area contributed by atoms with E-state index in [-0.39, 0.29) is 0 Å². The van der Waals surface area contributed by atoms with Crippen LogP contribution in [0.25, 0.3) is 0 Å². The minimum Gasteiger partial charge on any atom is -0.337 e. The Bertz CT molecular complexity index is 962. The minimum atomic E-state index is 0.844. The first-order valence-electron chi connectivity index (χ1n) is 9.38. The summed E-state index contributed by atoms with van der Waals surface area (Å²) in [6.07, 6.45) is 0.926. The Kier molecular flexibility index (Phi) is 5.31. The number of para-hydroxylation sites is 2. The second-order valence-corrected chi connectivity index (χ2v) is 6.70. The number of benzene rings is 4. The fourth-order valence-corrected chi connectivity index (χ4v) is 3.43. The van der Waals surface area contributed by atoms with Gasteiger partial charge in [0.1, 0.15) is 0 Å². The normalized spacial score (nSPS) is 10.5. The molecule has 0 aromatic heterocycles. The lowest BCUT2D eigenvalue weighted by atomic mass is 10.0. The van der Waals surface area contributed by atoms with Crippen LogP contribution in [0.1, 0.15) is 16.7 Å². The van der Waals surface area contributed by atoms with Gasteiger partial charge in [-0.15, -0.1) is 0 Å². The van der Waals surface area contributed by atoms with Crippen molar-refractivity contribution < 1.29 is 0 Å². The molecule has 0 N–H and O–H groups in total. The third-order valence-electron chi connectivity index (χ3n) is 4.77. The van der Waals surface area contributed by atoms with Gasteiger partial charge >= 0.3 is 0 Å². The Labute approximate surface area is 161 Å². The van der Waals surface area contributed by atoms with Gasteiger partial charge in [0.2, 0.25) is 0 Å². The molecule has 0 heterocycles. The fraction of sp³-hybridized carbons (Fsp3) is 0.0769. The zero-order chi connectivity index (χ0) is 18.3. The summed E-state index contributed by atoms with van der Waals surface area (Å²) in [7, 11) is 0. The molecule has 0 radical (unpaired) electrons. The predicted octanol–water partition coefficient (Wildman–Crippen LogP) is 6.62. The van der Waals surface area contributed by atoms with Crippen LogP contribution in [0.5, 0.6) is 0 Å². The molecule has 27 heavy (non-hydrogen) atoms. The van der Waals surface area contributed by atoms with Gasteiger partial charge in [-0.25, -0.2) is 0 Å². The topological polar surface area (TPSA) is 3.24 Å². The lowest BCUT2D eigenvalue weighted by Crippen LogP contribution is -2.18. The summed E-state index contributed by atoms with van der Waals surface area (Å²) >= 11 is 0. The van der Waals surface area contributed by atoms with Gasteiger partial charge in [-0.05, 0) is 41.3 Å². The molecule has 0 aliphatic heterocycles. The van der Waals surface area contributed by atoms with Crippen molar-refractivity contribution in [1.82, 2.24) is 0 Å². The molecule has 4 rings (SSSR count). The molecule has 4 aromatic carbocycles. The van der Waals surface area contributed by atoms with Crippen molar-refractivity contribution in [2.75, 3.05) is 4.90 Å². The highest BCUT2D eigenvalue weighted by molar-refractivity contribution is 5.67. The monoisotopic (exact) mass is 349 g/mol. The minimum absolute atomic E-state index is 0.844. The van der Waals surface area contributed by atoms with Gasteiger partial charge in [-0.1, -0.05) is 97.1 Å². The quantitative estimate of drug-likeness (QED) is 0.378. The van der Waals surface area contributed by atoms with Crippen molar-refractivity contribution in [3.8, 4) is 0 Å². The lowest BCUT2D eigenvalue weighted by Gasteiger charge is -2.27. The van der Waals surface area contributed by atoms with Crippen LogP contribution in [-0.2, 0) is 13.0 Å². The van der Waals surface area contributed by atoms with Crippen LogP contribution in [-0.4, -0.2) is 0 Å². The molecule has 1 heteroatoms. The van der Waals surface area contributed by atoms with Crippen molar-refractivity contribution in [2.24, 2.45) is 0 Å². The summed E-state index contributed by atoms with van der Waals surface area (Å²) in [6, 6.07) is 40.7. The van der Waals surface area contributed by atoms with Crippen LogP contribution >= 0.6 is 0 Å². The molecular weight excluding hydrogens is 326 g/mol. The Hall–Kier alpha value is -3.32. The first-order chi connectivity index (χ1) is 13.4. The highest BCUT2D eigenvalue weighted by Gasteiger charge is 2.14. The second-order valence-electron chi connectivity index (χ2n) is 6.70. The van der Waals surface area contributed by atoms with Crippen molar-refractivity contribution in [3.63, 3.8) is 0 Å². The van der Waals surface area contributed by atoms with E-state index in [0.717, 1.165) is 13.0 Å². The largest absolute Gasteiger partial charge is 0.337 e. The smallest absolute Gasteiger partial charge is 0.0481 e.